The summed E-state index contributed by atoms with van der Waals surface area (Å²) < 4.78 is 5.65. The fraction of sp³-hybridized carbons (Fsp3) is 1.00. The van der Waals surface area contributed by atoms with Crippen LogP contribution in [0.15, 0.2) is 0 Å². The first-order chi connectivity index (χ1) is 8.10. The zero-order valence-corrected chi connectivity index (χ0v) is 11.7. The molecule has 1 unspecified atom stereocenters. The van der Waals surface area contributed by atoms with Gasteiger partial charge in [-0.15, -0.1) is 0 Å². The Morgan fingerprint density at radius 2 is 2.18 bits per heavy atom. The number of rotatable bonds is 7. The van der Waals surface area contributed by atoms with Gasteiger partial charge in [-0.05, 0) is 32.2 Å². The SMILES string of the molecule is CC(C)NCC1(CN(C)CC2CC2)CCOC1. The summed E-state index contributed by atoms with van der Waals surface area (Å²) in [6.07, 6.45) is 4.10. The lowest BCUT2D eigenvalue weighted by molar-refractivity contribution is 0.115. The lowest BCUT2D eigenvalue weighted by atomic mass is 9.86. The van der Waals surface area contributed by atoms with E-state index in [0.29, 0.717) is 11.5 Å². The van der Waals surface area contributed by atoms with Crippen molar-refractivity contribution in [2.45, 2.75) is 39.2 Å². The molecule has 100 valence electrons. The van der Waals surface area contributed by atoms with E-state index in [1.165, 1.54) is 32.4 Å². The first-order valence-corrected chi connectivity index (χ1v) is 7.09. The van der Waals surface area contributed by atoms with Crippen LogP contribution in [0.1, 0.15) is 33.1 Å². The van der Waals surface area contributed by atoms with Gasteiger partial charge in [-0.2, -0.15) is 0 Å². The van der Waals surface area contributed by atoms with E-state index in [2.05, 4.69) is 31.1 Å². The fourth-order valence-electron chi connectivity index (χ4n) is 2.77. The minimum atomic E-state index is 0.355. The second kappa shape index (κ2) is 5.68. The van der Waals surface area contributed by atoms with Crippen LogP contribution in [0.2, 0.25) is 0 Å². The van der Waals surface area contributed by atoms with Gasteiger partial charge in [0.2, 0.25) is 0 Å². The molecule has 1 aliphatic heterocycles. The van der Waals surface area contributed by atoms with Crippen LogP contribution in [0.5, 0.6) is 0 Å². The van der Waals surface area contributed by atoms with E-state index in [1.807, 2.05) is 0 Å². The van der Waals surface area contributed by atoms with E-state index >= 15 is 0 Å². The zero-order valence-electron chi connectivity index (χ0n) is 11.7. The number of nitrogens with zero attached hydrogens (tertiary/aromatic N) is 1. The van der Waals surface area contributed by atoms with E-state index in [1.54, 1.807) is 0 Å². The van der Waals surface area contributed by atoms with Crippen molar-refractivity contribution in [3.05, 3.63) is 0 Å². The summed E-state index contributed by atoms with van der Waals surface area (Å²) in [7, 11) is 2.27. The molecular weight excluding hydrogens is 212 g/mol. The summed E-state index contributed by atoms with van der Waals surface area (Å²) in [5.74, 6) is 0.984. The molecule has 17 heavy (non-hydrogen) atoms. The molecule has 0 bridgehead atoms. The molecule has 3 nitrogen and oxygen atoms in total. The van der Waals surface area contributed by atoms with Gasteiger partial charge in [0.1, 0.15) is 0 Å². The van der Waals surface area contributed by atoms with Crippen LogP contribution in [0.4, 0.5) is 0 Å². The summed E-state index contributed by atoms with van der Waals surface area (Å²) in [6, 6.07) is 0.571. The molecule has 0 amide bonds. The highest BCUT2D eigenvalue weighted by Crippen LogP contribution is 2.32. The Kier molecular flexibility index (Phi) is 4.45. The molecule has 0 aromatic heterocycles. The molecule has 0 aromatic rings. The predicted octanol–water partition coefficient (Wildman–Crippen LogP) is 1.73. The van der Waals surface area contributed by atoms with Gasteiger partial charge in [0, 0.05) is 37.7 Å². The molecule has 1 saturated heterocycles. The number of hydrogen-bond donors (Lipinski definition) is 1. The molecule has 2 aliphatic rings. The molecule has 0 spiro atoms. The second-order valence-corrected chi connectivity index (χ2v) is 6.48. The topological polar surface area (TPSA) is 24.5 Å². The third-order valence-electron chi connectivity index (χ3n) is 3.94. The monoisotopic (exact) mass is 240 g/mol. The van der Waals surface area contributed by atoms with E-state index in [9.17, 15) is 0 Å². The van der Waals surface area contributed by atoms with Gasteiger partial charge >= 0.3 is 0 Å². The highest BCUT2D eigenvalue weighted by atomic mass is 16.5. The average molecular weight is 240 g/mol. The molecule has 1 atom stereocenters. The van der Waals surface area contributed by atoms with Gasteiger partial charge in [0.15, 0.2) is 0 Å². The average Bonchev–Trinajstić information content (AvgIpc) is 2.94. The quantitative estimate of drug-likeness (QED) is 0.733. The lowest BCUT2D eigenvalue weighted by Gasteiger charge is -2.33. The van der Waals surface area contributed by atoms with Gasteiger partial charge in [-0.25, -0.2) is 0 Å². The van der Waals surface area contributed by atoms with Crippen LogP contribution < -0.4 is 5.32 Å². The van der Waals surface area contributed by atoms with Crippen molar-refractivity contribution in [3.63, 3.8) is 0 Å². The third-order valence-corrected chi connectivity index (χ3v) is 3.94. The lowest BCUT2D eigenvalue weighted by Crippen LogP contribution is -2.45. The predicted molar refractivity (Wildman–Crippen MR) is 71.2 cm³/mol. The zero-order chi connectivity index (χ0) is 12.3. The van der Waals surface area contributed by atoms with Crippen LogP contribution in [-0.2, 0) is 4.74 Å². The molecule has 3 heteroatoms. The fourth-order valence-corrected chi connectivity index (χ4v) is 2.77. The van der Waals surface area contributed by atoms with E-state index in [-0.39, 0.29) is 0 Å². The molecule has 1 saturated carbocycles. The number of hydrogen-bond acceptors (Lipinski definition) is 3. The van der Waals surface area contributed by atoms with Crippen LogP contribution in [0, 0.1) is 11.3 Å². The maximum atomic E-state index is 5.65. The van der Waals surface area contributed by atoms with Crippen LogP contribution in [-0.4, -0.2) is 50.8 Å². The van der Waals surface area contributed by atoms with Crippen molar-refractivity contribution in [1.29, 1.82) is 0 Å². The molecular formula is C14H28N2O. The maximum absolute atomic E-state index is 5.65. The van der Waals surface area contributed by atoms with Crippen molar-refractivity contribution < 1.29 is 4.74 Å². The molecule has 2 rings (SSSR count). The Bertz CT molecular complexity index is 232. The van der Waals surface area contributed by atoms with E-state index in [4.69, 9.17) is 4.74 Å². The summed E-state index contributed by atoms with van der Waals surface area (Å²) in [6.45, 7) is 9.87. The van der Waals surface area contributed by atoms with Crippen molar-refractivity contribution >= 4 is 0 Å². The Labute approximate surface area is 106 Å². The molecule has 1 N–H and O–H groups in total. The minimum Gasteiger partial charge on any atom is -0.381 e. The smallest absolute Gasteiger partial charge is 0.0547 e. The summed E-state index contributed by atoms with van der Waals surface area (Å²) in [4.78, 5) is 2.52. The van der Waals surface area contributed by atoms with Crippen molar-refractivity contribution in [2.75, 3.05) is 39.9 Å². The van der Waals surface area contributed by atoms with E-state index < -0.39 is 0 Å². The molecule has 2 fully saturated rings. The standard InChI is InChI=1S/C14H28N2O/c1-12(2)15-9-14(6-7-17-11-14)10-16(3)8-13-4-5-13/h12-13,15H,4-11H2,1-3H3. The largest absolute Gasteiger partial charge is 0.381 e. The van der Waals surface area contributed by atoms with Gasteiger partial charge in [0.25, 0.3) is 0 Å². The van der Waals surface area contributed by atoms with E-state index in [0.717, 1.165) is 25.7 Å². The van der Waals surface area contributed by atoms with Crippen molar-refractivity contribution in [2.24, 2.45) is 11.3 Å². The van der Waals surface area contributed by atoms with Crippen molar-refractivity contribution in [3.8, 4) is 0 Å². The Hall–Kier alpha value is -0.120. The maximum Gasteiger partial charge on any atom is 0.0547 e. The minimum absolute atomic E-state index is 0.355. The molecule has 1 heterocycles. The molecule has 0 radical (unpaired) electrons. The van der Waals surface area contributed by atoms with Crippen LogP contribution in [0.3, 0.4) is 0 Å². The number of nitrogens with one attached hydrogen (secondary N) is 1. The summed E-state index contributed by atoms with van der Waals surface area (Å²) in [5, 5.41) is 3.60. The highest BCUT2D eigenvalue weighted by molar-refractivity contribution is 4.89. The van der Waals surface area contributed by atoms with Gasteiger partial charge in [-0.1, -0.05) is 13.8 Å². The highest BCUT2D eigenvalue weighted by Gasteiger charge is 2.36. The second-order valence-electron chi connectivity index (χ2n) is 6.48. The summed E-state index contributed by atoms with van der Waals surface area (Å²) >= 11 is 0. The first-order valence-electron chi connectivity index (χ1n) is 7.09. The Morgan fingerprint density at radius 3 is 2.71 bits per heavy atom. The third kappa shape index (κ3) is 4.23. The Morgan fingerprint density at radius 1 is 1.41 bits per heavy atom. The first kappa shape index (κ1) is 13.3. The summed E-state index contributed by atoms with van der Waals surface area (Å²) in [5.41, 5.74) is 0.355. The van der Waals surface area contributed by atoms with Gasteiger partial charge in [-0.3, -0.25) is 0 Å². The van der Waals surface area contributed by atoms with Crippen LogP contribution in [0.25, 0.3) is 0 Å². The van der Waals surface area contributed by atoms with Gasteiger partial charge < -0.3 is 15.0 Å². The van der Waals surface area contributed by atoms with Crippen molar-refractivity contribution in [1.82, 2.24) is 10.2 Å². The molecule has 0 aromatic carbocycles. The normalized spacial score (nSPS) is 29.5. The number of ether oxygens (including phenoxy) is 1. The van der Waals surface area contributed by atoms with Gasteiger partial charge in [0.05, 0.1) is 6.61 Å². The Balaban J connectivity index is 1.81. The van der Waals surface area contributed by atoms with Crippen LogP contribution >= 0.6 is 0 Å². The molecule has 1 aliphatic carbocycles.